The molecule has 0 saturated carbocycles. The fourth-order valence-corrected chi connectivity index (χ4v) is 2.55. The first-order valence-corrected chi connectivity index (χ1v) is 7.48. The van der Waals surface area contributed by atoms with Crippen molar-refractivity contribution in [1.29, 1.82) is 0 Å². The largest absolute Gasteiger partial charge is 0.487 e. The Morgan fingerprint density at radius 1 is 1.42 bits per heavy atom. The number of halogens is 1. The van der Waals surface area contributed by atoms with E-state index in [0.717, 1.165) is 33.6 Å². The molecule has 0 aliphatic rings. The Balaban J connectivity index is 2.08. The van der Waals surface area contributed by atoms with E-state index in [0.29, 0.717) is 13.2 Å². The predicted molar refractivity (Wildman–Crippen MR) is 80.0 cm³/mol. The Bertz CT molecular complexity index is 542. The highest BCUT2D eigenvalue weighted by Crippen LogP contribution is 2.27. The van der Waals surface area contributed by atoms with Gasteiger partial charge in [-0.2, -0.15) is 0 Å². The van der Waals surface area contributed by atoms with E-state index < -0.39 is 0 Å². The molecule has 3 nitrogen and oxygen atoms in total. The number of rotatable bonds is 6. The van der Waals surface area contributed by atoms with E-state index in [1.807, 2.05) is 30.5 Å². The Kier molecular flexibility index (Phi) is 5.19. The summed E-state index contributed by atoms with van der Waals surface area (Å²) in [7, 11) is 0. The molecule has 1 N–H and O–H groups in total. The van der Waals surface area contributed by atoms with E-state index in [1.165, 1.54) is 0 Å². The number of thiazole rings is 1. The van der Waals surface area contributed by atoms with Gasteiger partial charge in [-0.15, -0.1) is 11.3 Å². The zero-order valence-electron chi connectivity index (χ0n) is 11.1. The lowest BCUT2D eigenvalue weighted by Crippen LogP contribution is -2.13. The average molecular weight is 297 g/mol. The van der Waals surface area contributed by atoms with Gasteiger partial charge >= 0.3 is 0 Å². The van der Waals surface area contributed by atoms with E-state index in [1.54, 1.807) is 11.3 Å². The van der Waals surface area contributed by atoms with Crippen molar-refractivity contribution in [2.45, 2.75) is 27.0 Å². The fourth-order valence-electron chi connectivity index (χ4n) is 1.72. The SMILES string of the molecule is CCNCc1c(Cl)cccc1OCc1csc(C)n1. The van der Waals surface area contributed by atoms with Gasteiger partial charge in [-0.05, 0) is 25.6 Å². The quantitative estimate of drug-likeness (QED) is 0.880. The molecule has 0 aliphatic carbocycles. The summed E-state index contributed by atoms with van der Waals surface area (Å²) in [4.78, 5) is 4.38. The van der Waals surface area contributed by atoms with E-state index in [-0.39, 0.29) is 0 Å². The molecule has 1 aromatic carbocycles. The van der Waals surface area contributed by atoms with Crippen molar-refractivity contribution >= 4 is 22.9 Å². The van der Waals surface area contributed by atoms with Crippen LogP contribution in [-0.2, 0) is 13.2 Å². The molecule has 19 heavy (non-hydrogen) atoms. The third kappa shape index (κ3) is 3.93. The molecule has 0 atom stereocenters. The smallest absolute Gasteiger partial charge is 0.131 e. The molecular formula is C14H17ClN2OS. The number of benzene rings is 1. The molecule has 0 aliphatic heterocycles. The second kappa shape index (κ2) is 6.89. The standard InChI is InChI=1S/C14H17ClN2OS/c1-3-16-7-12-13(15)5-4-6-14(12)18-8-11-9-19-10(2)17-11/h4-6,9,16H,3,7-8H2,1-2H3. The van der Waals surface area contributed by atoms with Crippen LogP contribution in [0.15, 0.2) is 23.6 Å². The van der Waals surface area contributed by atoms with Gasteiger partial charge < -0.3 is 10.1 Å². The minimum atomic E-state index is 0.476. The van der Waals surface area contributed by atoms with Crippen LogP contribution in [0.2, 0.25) is 5.02 Å². The van der Waals surface area contributed by atoms with E-state index in [4.69, 9.17) is 16.3 Å². The van der Waals surface area contributed by atoms with Gasteiger partial charge in [0.1, 0.15) is 12.4 Å². The predicted octanol–water partition coefficient (Wildman–Crippen LogP) is 3.79. The molecule has 1 aromatic heterocycles. The van der Waals surface area contributed by atoms with Gasteiger partial charge in [-0.3, -0.25) is 0 Å². The normalized spacial score (nSPS) is 10.7. The molecule has 102 valence electrons. The molecule has 2 aromatic rings. The zero-order valence-corrected chi connectivity index (χ0v) is 12.6. The van der Waals surface area contributed by atoms with Crippen molar-refractivity contribution in [3.63, 3.8) is 0 Å². The van der Waals surface area contributed by atoms with Gasteiger partial charge in [0.05, 0.1) is 10.7 Å². The average Bonchev–Trinajstić information content (AvgIpc) is 2.81. The lowest BCUT2D eigenvalue weighted by molar-refractivity contribution is 0.298. The third-order valence-electron chi connectivity index (χ3n) is 2.67. The van der Waals surface area contributed by atoms with Crippen molar-refractivity contribution in [2.75, 3.05) is 6.54 Å². The monoisotopic (exact) mass is 296 g/mol. The Morgan fingerprint density at radius 3 is 2.95 bits per heavy atom. The lowest BCUT2D eigenvalue weighted by atomic mass is 10.2. The van der Waals surface area contributed by atoms with Crippen molar-refractivity contribution < 1.29 is 4.74 Å². The summed E-state index contributed by atoms with van der Waals surface area (Å²) < 4.78 is 5.83. The highest BCUT2D eigenvalue weighted by Gasteiger charge is 2.08. The summed E-state index contributed by atoms with van der Waals surface area (Å²) in [6.07, 6.45) is 0. The molecule has 5 heteroatoms. The van der Waals surface area contributed by atoms with Crippen LogP contribution in [0.25, 0.3) is 0 Å². The number of hydrogen-bond acceptors (Lipinski definition) is 4. The molecule has 0 saturated heterocycles. The third-order valence-corrected chi connectivity index (χ3v) is 3.85. The maximum Gasteiger partial charge on any atom is 0.131 e. The second-order valence-electron chi connectivity index (χ2n) is 4.14. The molecule has 0 unspecified atom stereocenters. The Labute approximate surface area is 122 Å². The Morgan fingerprint density at radius 2 is 2.26 bits per heavy atom. The maximum absolute atomic E-state index is 6.22. The highest BCUT2D eigenvalue weighted by atomic mass is 35.5. The van der Waals surface area contributed by atoms with E-state index in [9.17, 15) is 0 Å². The van der Waals surface area contributed by atoms with Gasteiger partial charge in [0.25, 0.3) is 0 Å². The number of hydrogen-bond donors (Lipinski definition) is 1. The molecular weight excluding hydrogens is 280 g/mol. The summed E-state index contributed by atoms with van der Waals surface area (Å²) in [6.45, 7) is 6.14. The highest BCUT2D eigenvalue weighted by molar-refractivity contribution is 7.09. The van der Waals surface area contributed by atoms with Crippen LogP contribution in [-0.4, -0.2) is 11.5 Å². The van der Waals surface area contributed by atoms with Crippen LogP contribution >= 0.6 is 22.9 Å². The van der Waals surface area contributed by atoms with E-state index >= 15 is 0 Å². The van der Waals surface area contributed by atoms with Crippen LogP contribution in [0.4, 0.5) is 0 Å². The van der Waals surface area contributed by atoms with Gasteiger partial charge in [0, 0.05) is 22.5 Å². The van der Waals surface area contributed by atoms with Crippen molar-refractivity contribution in [3.05, 3.63) is 44.9 Å². The van der Waals surface area contributed by atoms with Crippen molar-refractivity contribution in [1.82, 2.24) is 10.3 Å². The molecule has 1 heterocycles. The van der Waals surface area contributed by atoms with Gasteiger partial charge in [-0.25, -0.2) is 4.98 Å². The number of nitrogens with zero attached hydrogens (tertiary/aromatic N) is 1. The maximum atomic E-state index is 6.22. The number of aromatic nitrogens is 1. The first-order valence-electron chi connectivity index (χ1n) is 6.22. The lowest BCUT2D eigenvalue weighted by Gasteiger charge is -2.12. The number of nitrogens with one attached hydrogen (secondary N) is 1. The van der Waals surface area contributed by atoms with Gasteiger partial charge in [0.15, 0.2) is 0 Å². The molecule has 0 amide bonds. The van der Waals surface area contributed by atoms with Crippen molar-refractivity contribution in [3.8, 4) is 5.75 Å². The summed E-state index contributed by atoms with van der Waals surface area (Å²) >= 11 is 7.85. The van der Waals surface area contributed by atoms with Crippen LogP contribution < -0.4 is 10.1 Å². The molecule has 0 spiro atoms. The zero-order chi connectivity index (χ0) is 13.7. The van der Waals surface area contributed by atoms with Crippen LogP contribution in [0.1, 0.15) is 23.2 Å². The van der Waals surface area contributed by atoms with Gasteiger partial charge in [0.2, 0.25) is 0 Å². The molecule has 0 fully saturated rings. The van der Waals surface area contributed by atoms with Crippen LogP contribution in [0.3, 0.4) is 0 Å². The number of aryl methyl sites for hydroxylation is 1. The minimum absolute atomic E-state index is 0.476. The summed E-state index contributed by atoms with van der Waals surface area (Å²) in [5.74, 6) is 0.819. The second-order valence-corrected chi connectivity index (χ2v) is 5.61. The summed E-state index contributed by atoms with van der Waals surface area (Å²) in [6, 6.07) is 5.73. The van der Waals surface area contributed by atoms with Crippen molar-refractivity contribution in [2.24, 2.45) is 0 Å². The molecule has 2 rings (SSSR count). The van der Waals surface area contributed by atoms with E-state index in [2.05, 4.69) is 17.2 Å². The fraction of sp³-hybridized carbons (Fsp3) is 0.357. The van der Waals surface area contributed by atoms with Crippen LogP contribution in [0, 0.1) is 6.92 Å². The summed E-state index contributed by atoms with van der Waals surface area (Å²) in [5.41, 5.74) is 1.95. The topological polar surface area (TPSA) is 34.1 Å². The molecule has 0 radical (unpaired) electrons. The first-order chi connectivity index (χ1) is 9.20. The first kappa shape index (κ1) is 14.3. The van der Waals surface area contributed by atoms with Gasteiger partial charge in [-0.1, -0.05) is 24.6 Å². The number of ether oxygens (including phenoxy) is 1. The summed E-state index contributed by atoms with van der Waals surface area (Å²) in [5, 5.41) is 7.07. The minimum Gasteiger partial charge on any atom is -0.487 e. The molecule has 0 bridgehead atoms. The Hall–Kier alpha value is -1.10. The van der Waals surface area contributed by atoms with Crippen LogP contribution in [0.5, 0.6) is 5.75 Å².